The van der Waals surface area contributed by atoms with E-state index in [-0.39, 0.29) is 27.6 Å². The van der Waals surface area contributed by atoms with E-state index in [4.69, 9.17) is 15.2 Å². The highest BCUT2D eigenvalue weighted by molar-refractivity contribution is 8.04. The molecule has 2 aromatic rings. The number of esters is 1. The number of ether oxygens (including phenoxy) is 2. The molecule has 33 heavy (non-hydrogen) atoms. The number of nitrogens with two attached hydrogens (primary N) is 1. The Morgan fingerprint density at radius 2 is 1.94 bits per heavy atom. The first-order valence-electron chi connectivity index (χ1n) is 10.2. The summed E-state index contributed by atoms with van der Waals surface area (Å²) in [6.07, 6.45) is 0. The van der Waals surface area contributed by atoms with E-state index in [1.807, 2.05) is 0 Å². The fourth-order valence-electron chi connectivity index (χ4n) is 4.55. The van der Waals surface area contributed by atoms with E-state index in [9.17, 15) is 24.3 Å². The number of anilines is 1. The van der Waals surface area contributed by atoms with Gasteiger partial charge in [0.15, 0.2) is 11.5 Å². The first kappa shape index (κ1) is 21.1. The minimum Gasteiger partial charge on any atom is -0.490 e. The molecule has 0 spiro atoms. The Balaban J connectivity index is 1.64. The lowest BCUT2D eigenvalue weighted by molar-refractivity contribution is -0.132. The first-order valence-corrected chi connectivity index (χ1v) is 11.1. The second kappa shape index (κ2) is 7.66. The van der Waals surface area contributed by atoms with Crippen LogP contribution in [0.5, 0.6) is 11.5 Å². The number of nitrogens with zero attached hydrogens (tertiary/aromatic N) is 1. The fraction of sp³-hybridized carbons (Fsp3) is 0.217. The largest absolute Gasteiger partial charge is 0.490 e. The monoisotopic (exact) mass is 466 g/mol. The number of benzene rings is 2. The van der Waals surface area contributed by atoms with Crippen molar-refractivity contribution in [3.63, 3.8) is 0 Å². The van der Waals surface area contributed by atoms with Gasteiger partial charge in [0.25, 0.3) is 0 Å². The van der Waals surface area contributed by atoms with E-state index in [2.05, 4.69) is 0 Å². The lowest BCUT2D eigenvalue weighted by atomic mass is 9.77. The van der Waals surface area contributed by atoms with Gasteiger partial charge in [-0.2, -0.15) is 0 Å². The fourth-order valence-corrected chi connectivity index (χ4v) is 5.79. The molecule has 0 bridgehead atoms. The Morgan fingerprint density at radius 1 is 1.18 bits per heavy atom. The van der Waals surface area contributed by atoms with E-state index in [0.29, 0.717) is 17.9 Å². The topological polar surface area (TPSA) is 136 Å². The lowest BCUT2D eigenvalue weighted by Crippen LogP contribution is -2.39. The number of imide groups is 1. The smallest absolute Gasteiger partial charge is 0.342 e. The van der Waals surface area contributed by atoms with Crippen molar-refractivity contribution in [3.05, 3.63) is 64.2 Å². The summed E-state index contributed by atoms with van der Waals surface area (Å²) in [4.78, 5) is 52.2. The van der Waals surface area contributed by atoms with Crippen molar-refractivity contribution < 1.29 is 33.8 Å². The standard InChI is InChI=1S/C23H18N2O7S/c1-2-31-13-8-4-7-12-14-15-18(33-19(24)16(14)23(30)32-17(12)13)21(27)25(20(15)26)11-6-3-5-10(9-11)22(28)29/h3-9,14-15,18H,2,24H2,1H3,(H,28,29)/t14-,15+,18+/m1/s1. The van der Waals surface area contributed by atoms with Crippen LogP contribution in [0.2, 0.25) is 0 Å². The Bertz CT molecular complexity index is 1270. The molecule has 3 aliphatic heterocycles. The van der Waals surface area contributed by atoms with Gasteiger partial charge >= 0.3 is 11.9 Å². The van der Waals surface area contributed by atoms with Crippen LogP contribution in [0.4, 0.5) is 5.69 Å². The zero-order valence-corrected chi connectivity index (χ0v) is 18.1. The normalized spacial score (nSPS) is 23.6. The molecule has 3 N–H and O–H groups in total. The number of carboxylic acids is 1. The zero-order chi connectivity index (χ0) is 23.4. The van der Waals surface area contributed by atoms with E-state index < -0.39 is 40.8 Å². The number of amides is 2. The number of thioether (sulfide) groups is 1. The molecule has 9 nitrogen and oxygen atoms in total. The van der Waals surface area contributed by atoms with Crippen molar-refractivity contribution in [3.8, 4) is 11.5 Å². The molecule has 0 aliphatic carbocycles. The number of carboxylic acid groups (broad SMARTS) is 1. The number of para-hydroxylation sites is 1. The molecule has 0 unspecified atom stereocenters. The summed E-state index contributed by atoms with van der Waals surface area (Å²) in [5.41, 5.74) is 6.98. The molecular formula is C23H18N2O7S. The zero-order valence-electron chi connectivity index (χ0n) is 17.3. The van der Waals surface area contributed by atoms with Crippen LogP contribution < -0.4 is 20.1 Å². The van der Waals surface area contributed by atoms with Gasteiger partial charge in [0.2, 0.25) is 11.8 Å². The summed E-state index contributed by atoms with van der Waals surface area (Å²) in [6, 6.07) is 10.7. The van der Waals surface area contributed by atoms with Crippen molar-refractivity contribution in [2.45, 2.75) is 18.1 Å². The third kappa shape index (κ3) is 3.09. The van der Waals surface area contributed by atoms with Gasteiger partial charge in [-0.25, -0.2) is 14.5 Å². The van der Waals surface area contributed by atoms with Crippen molar-refractivity contribution in [2.24, 2.45) is 11.7 Å². The summed E-state index contributed by atoms with van der Waals surface area (Å²) in [5.74, 6) is -4.04. The lowest BCUT2D eigenvalue weighted by Gasteiger charge is -2.36. The average Bonchev–Trinajstić information content (AvgIpc) is 3.04. The van der Waals surface area contributed by atoms with Gasteiger partial charge < -0.3 is 20.3 Å². The van der Waals surface area contributed by atoms with E-state index in [0.717, 1.165) is 16.7 Å². The van der Waals surface area contributed by atoms with Crippen molar-refractivity contribution in [2.75, 3.05) is 11.5 Å². The Morgan fingerprint density at radius 3 is 2.67 bits per heavy atom. The van der Waals surface area contributed by atoms with Gasteiger partial charge in [0.1, 0.15) is 5.25 Å². The van der Waals surface area contributed by atoms with Gasteiger partial charge in [0, 0.05) is 11.5 Å². The number of carbonyl (C=O) groups excluding carboxylic acids is 3. The van der Waals surface area contributed by atoms with Crippen LogP contribution in [-0.2, 0) is 14.4 Å². The minimum atomic E-state index is -1.18. The molecule has 0 saturated carbocycles. The number of hydrogen-bond acceptors (Lipinski definition) is 8. The molecule has 10 heteroatoms. The highest BCUT2D eigenvalue weighted by Crippen LogP contribution is 2.56. The molecule has 1 saturated heterocycles. The number of rotatable bonds is 4. The summed E-state index contributed by atoms with van der Waals surface area (Å²) in [5, 5.41) is 8.57. The van der Waals surface area contributed by atoms with Gasteiger partial charge in [-0.05, 0) is 31.2 Å². The number of hydrogen-bond donors (Lipinski definition) is 2. The Kier molecular flexibility index (Phi) is 4.89. The SMILES string of the molecule is CCOc1cccc2c1OC(=O)C1=C(N)S[C@@H]3C(=O)N(c4cccc(C(=O)O)c4)C(=O)[C@H]3[C@H]12. The van der Waals surface area contributed by atoms with Crippen LogP contribution in [0.1, 0.15) is 28.8 Å². The molecule has 1 fully saturated rings. The summed E-state index contributed by atoms with van der Waals surface area (Å²) >= 11 is 0.953. The predicted molar refractivity (Wildman–Crippen MR) is 118 cm³/mol. The molecule has 2 aromatic carbocycles. The maximum atomic E-state index is 13.6. The highest BCUT2D eigenvalue weighted by atomic mass is 32.2. The molecule has 2 amide bonds. The molecule has 3 atom stereocenters. The third-order valence-electron chi connectivity index (χ3n) is 5.90. The molecular weight excluding hydrogens is 448 g/mol. The summed E-state index contributed by atoms with van der Waals surface area (Å²) < 4.78 is 11.1. The quantitative estimate of drug-likeness (QED) is 0.395. The molecule has 0 aromatic heterocycles. The number of carbonyl (C=O) groups is 4. The van der Waals surface area contributed by atoms with Crippen molar-refractivity contribution in [1.29, 1.82) is 0 Å². The maximum Gasteiger partial charge on any atom is 0.342 e. The predicted octanol–water partition coefficient (Wildman–Crippen LogP) is 2.26. The molecule has 3 heterocycles. The summed E-state index contributed by atoms with van der Waals surface area (Å²) in [6.45, 7) is 2.14. The van der Waals surface area contributed by atoms with Crippen LogP contribution >= 0.6 is 11.8 Å². The van der Waals surface area contributed by atoms with Crippen LogP contribution in [0.15, 0.2) is 53.1 Å². The van der Waals surface area contributed by atoms with E-state index >= 15 is 0 Å². The van der Waals surface area contributed by atoms with E-state index in [1.165, 1.54) is 24.3 Å². The Hall–Kier alpha value is -3.79. The van der Waals surface area contributed by atoms with E-state index in [1.54, 1.807) is 25.1 Å². The van der Waals surface area contributed by atoms with Crippen molar-refractivity contribution >= 4 is 41.2 Å². The highest BCUT2D eigenvalue weighted by Gasteiger charge is 2.59. The number of fused-ring (bicyclic) bond motifs is 5. The second-order valence-electron chi connectivity index (χ2n) is 7.68. The Labute approximate surface area is 192 Å². The van der Waals surface area contributed by atoms with Gasteiger partial charge in [-0.15, -0.1) is 0 Å². The first-order chi connectivity index (χ1) is 15.8. The minimum absolute atomic E-state index is 0.0538. The molecule has 5 rings (SSSR count). The van der Waals surface area contributed by atoms with Crippen LogP contribution in [0, 0.1) is 5.92 Å². The summed E-state index contributed by atoms with van der Waals surface area (Å²) in [7, 11) is 0. The average molecular weight is 466 g/mol. The van der Waals surface area contributed by atoms with Crippen molar-refractivity contribution in [1.82, 2.24) is 0 Å². The van der Waals surface area contributed by atoms with Gasteiger partial charge in [-0.1, -0.05) is 30.0 Å². The van der Waals surface area contributed by atoms with Gasteiger partial charge in [0.05, 0.1) is 34.4 Å². The molecule has 3 aliphatic rings. The van der Waals surface area contributed by atoms with Crippen LogP contribution in [0.25, 0.3) is 0 Å². The number of aromatic carboxylic acids is 1. The van der Waals surface area contributed by atoms with Crippen LogP contribution in [-0.4, -0.2) is 40.7 Å². The third-order valence-corrected chi connectivity index (χ3v) is 7.12. The second-order valence-corrected chi connectivity index (χ2v) is 8.87. The molecule has 168 valence electrons. The van der Waals surface area contributed by atoms with Gasteiger partial charge in [-0.3, -0.25) is 9.59 Å². The maximum absolute atomic E-state index is 13.6. The van der Waals surface area contributed by atoms with Crippen LogP contribution in [0.3, 0.4) is 0 Å². The molecule has 0 radical (unpaired) electrons.